The third-order valence-electron chi connectivity index (χ3n) is 6.50. The van der Waals surface area contributed by atoms with Crippen LogP contribution >= 0.6 is 0 Å². The molecule has 0 fully saturated rings. The third-order valence-corrected chi connectivity index (χ3v) is 6.50. The quantitative estimate of drug-likeness (QED) is 0.390. The Labute approximate surface area is 206 Å². The number of rotatable bonds is 5. The molecule has 0 saturated carbocycles. The van der Waals surface area contributed by atoms with Gasteiger partial charge in [-0.3, -0.25) is 9.78 Å². The van der Waals surface area contributed by atoms with E-state index in [4.69, 9.17) is 4.98 Å². The monoisotopic (exact) mass is 477 g/mol. The number of pyridine rings is 1. The Hall–Kier alpha value is -4.73. The van der Waals surface area contributed by atoms with E-state index in [1.807, 2.05) is 55.7 Å². The molecule has 2 N–H and O–H groups in total. The number of hydrogen-bond donors (Lipinski definition) is 2. The van der Waals surface area contributed by atoms with Crippen LogP contribution in [0.4, 0.5) is 11.4 Å². The fourth-order valence-electron chi connectivity index (χ4n) is 4.61. The van der Waals surface area contributed by atoms with Crippen LogP contribution in [0, 0.1) is 6.92 Å². The summed E-state index contributed by atoms with van der Waals surface area (Å²) in [6.45, 7) is 6.44. The molecule has 5 heterocycles. The van der Waals surface area contributed by atoms with Gasteiger partial charge < -0.3 is 15.2 Å². The number of carbonyl (C=O) groups excluding carboxylic acids is 1. The first-order valence-corrected chi connectivity index (χ1v) is 11.6. The van der Waals surface area contributed by atoms with Crippen molar-refractivity contribution in [2.24, 2.45) is 0 Å². The van der Waals surface area contributed by atoms with Crippen molar-refractivity contribution < 1.29 is 4.79 Å². The molecule has 0 radical (unpaired) electrons. The average Bonchev–Trinajstić information content (AvgIpc) is 3.39. The molecule has 0 aliphatic carbocycles. The minimum Gasteiger partial charge on any atom is -0.368 e. The normalized spacial score (nSPS) is 16.7. The van der Waals surface area contributed by atoms with E-state index in [0.717, 1.165) is 39.5 Å². The predicted molar refractivity (Wildman–Crippen MR) is 136 cm³/mol. The molecular formula is C26H23N9O. The number of amides is 1. The first-order valence-electron chi connectivity index (χ1n) is 11.6. The molecule has 10 nitrogen and oxygen atoms in total. The highest BCUT2D eigenvalue weighted by atomic mass is 16.2. The van der Waals surface area contributed by atoms with Crippen LogP contribution in [-0.2, 0) is 16.9 Å². The Balaban J connectivity index is 1.48. The van der Waals surface area contributed by atoms with Crippen molar-refractivity contribution in [3.63, 3.8) is 0 Å². The van der Waals surface area contributed by atoms with Crippen molar-refractivity contribution in [3.8, 4) is 22.6 Å². The number of imidazole rings is 1. The number of aromatic nitrogens is 7. The summed E-state index contributed by atoms with van der Waals surface area (Å²) >= 11 is 0. The minimum atomic E-state index is -0.966. The van der Waals surface area contributed by atoms with E-state index in [2.05, 4.69) is 35.6 Å². The third kappa shape index (κ3) is 3.37. The molecule has 10 heteroatoms. The van der Waals surface area contributed by atoms with Crippen LogP contribution in [0.3, 0.4) is 0 Å². The summed E-state index contributed by atoms with van der Waals surface area (Å²) in [4.78, 5) is 39.8. The fraction of sp³-hybridized carbons (Fsp3) is 0.192. The largest absolute Gasteiger partial charge is 0.368 e. The maximum atomic E-state index is 13.0. The summed E-state index contributed by atoms with van der Waals surface area (Å²) in [6, 6.07) is 9.51. The number of fused-ring (bicyclic) bond motifs is 2. The van der Waals surface area contributed by atoms with Gasteiger partial charge in [-0.25, -0.2) is 24.9 Å². The summed E-state index contributed by atoms with van der Waals surface area (Å²) < 4.78 is 2.03. The topological polar surface area (TPSA) is 123 Å². The maximum Gasteiger partial charge on any atom is 0.254 e. The second-order valence-electron chi connectivity index (χ2n) is 8.79. The Morgan fingerprint density at radius 3 is 2.56 bits per heavy atom. The molecule has 6 rings (SSSR count). The van der Waals surface area contributed by atoms with Gasteiger partial charge in [0.05, 0.1) is 5.56 Å². The van der Waals surface area contributed by atoms with Crippen LogP contribution in [0.15, 0.2) is 61.4 Å². The van der Waals surface area contributed by atoms with Gasteiger partial charge in [0.1, 0.15) is 34.7 Å². The Morgan fingerprint density at radius 2 is 1.81 bits per heavy atom. The van der Waals surface area contributed by atoms with E-state index in [1.165, 1.54) is 0 Å². The number of nitrogens with zero attached hydrogens (tertiary/aromatic N) is 7. The van der Waals surface area contributed by atoms with Crippen LogP contribution in [0.1, 0.15) is 25.2 Å². The summed E-state index contributed by atoms with van der Waals surface area (Å²) in [5.74, 6) is 1.30. The van der Waals surface area contributed by atoms with Crippen molar-refractivity contribution in [2.45, 2.75) is 32.9 Å². The highest BCUT2D eigenvalue weighted by Gasteiger charge is 2.43. The average molecular weight is 478 g/mol. The summed E-state index contributed by atoms with van der Waals surface area (Å²) in [6.07, 6.45) is 8.46. The van der Waals surface area contributed by atoms with Crippen LogP contribution in [0.2, 0.25) is 0 Å². The van der Waals surface area contributed by atoms with Crippen LogP contribution in [0.5, 0.6) is 0 Å². The van der Waals surface area contributed by atoms with Crippen LogP contribution in [-0.4, -0.2) is 40.4 Å². The molecular weight excluding hydrogens is 454 g/mol. The number of carbonyl (C=O) groups is 1. The van der Waals surface area contributed by atoms with Gasteiger partial charge in [0.15, 0.2) is 5.65 Å². The van der Waals surface area contributed by atoms with E-state index in [0.29, 0.717) is 23.6 Å². The first-order chi connectivity index (χ1) is 17.5. The predicted octanol–water partition coefficient (Wildman–Crippen LogP) is 3.95. The second-order valence-corrected chi connectivity index (χ2v) is 8.79. The molecule has 1 aromatic carbocycles. The molecule has 36 heavy (non-hydrogen) atoms. The summed E-state index contributed by atoms with van der Waals surface area (Å²) in [5, 5.41) is 6.36. The van der Waals surface area contributed by atoms with E-state index in [-0.39, 0.29) is 5.91 Å². The van der Waals surface area contributed by atoms with Crippen molar-refractivity contribution in [2.75, 3.05) is 10.6 Å². The van der Waals surface area contributed by atoms with Gasteiger partial charge in [-0.15, -0.1) is 0 Å². The van der Waals surface area contributed by atoms with E-state index < -0.39 is 5.54 Å². The molecule has 4 aromatic heterocycles. The van der Waals surface area contributed by atoms with Gasteiger partial charge in [0.25, 0.3) is 5.91 Å². The lowest BCUT2D eigenvalue weighted by molar-refractivity contribution is -0.119. The molecule has 1 amide bonds. The lowest BCUT2D eigenvalue weighted by Crippen LogP contribution is -2.39. The van der Waals surface area contributed by atoms with E-state index >= 15 is 0 Å². The van der Waals surface area contributed by atoms with Gasteiger partial charge in [-0.2, -0.15) is 0 Å². The second kappa shape index (κ2) is 8.19. The molecule has 1 aliphatic heterocycles. The molecule has 0 unspecified atom stereocenters. The van der Waals surface area contributed by atoms with Crippen molar-refractivity contribution in [1.29, 1.82) is 0 Å². The van der Waals surface area contributed by atoms with Gasteiger partial charge >= 0.3 is 0 Å². The molecule has 0 spiro atoms. The molecule has 0 saturated heterocycles. The zero-order chi connectivity index (χ0) is 24.9. The van der Waals surface area contributed by atoms with E-state index in [1.54, 1.807) is 31.1 Å². The molecule has 1 aliphatic rings. The number of aryl methyl sites for hydroxylation is 2. The summed E-state index contributed by atoms with van der Waals surface area (Å²) in [5.41, 5.74) is 5.17. The number of anilines is 2. The Morgan fingerprint density at radius 1 is 1.03 bits per heavy atom. The SMILES string of the molecule is CCn1c(-c2cnc(C)nc2)nc2c(-c3ccc4c(c3)[C@@](C)(Nc3ccncc3)C(=O)N4)ncnc21. The smallest absolute Gasteiger partial charge is 0.254 e. The van der Waals surface area contributed by atoms with Crippen molar-refractivity contribution in [1.82, 2.24) is 34.5 Å². The van der Waals surface area contributed by atoms with Gasteiger partial charge in [-0.1, -0.05) is 6.07 Å². The van der Waals surface area contributed by atoms with Gasteiger partial charge in [-0.05, 0) is 45.0 Å². The standard InChI is InChI=1S/C26H23N9O/c1-4-35-23(17-12-28-15(2)29-13-17)33-22-21(30-14-31-24(22)35)16-5-6-20-19(11-16)26(3,25(36)32-20)34-18-7-9-27-10-8-18/h5-14H,4H2,1-3H3,(H,27,34)(H,32,36)/t26-/m1/s1. The zero-order valence-electron chi connectivity index (χ0n) is 20.0. The Bertz CT molecular complexity index is 1610. The number of benzene rings is 1. The first kappa shape index (κ1) is 21.8. The van der Waals surface area contributed by atoms with Crippen molar-refractivity contribution >= 4 is 28.4 Å². The van der Waals surface area contributed by atoms with E-state index in [9.17, 15) is 4.79 Å². The van der Waals surface area contributed by atoms with Crippen LogP contribution in [0.25, 0.3) is 33.8 Å². The van der Waals surface area contributed by atoms with Crippen molar-refractivity contribution in [3.05, 3.63) is 72.8 Å². The minimum absolute atomic E-state index is 0.129. The molecule has 5 aromatic rings. The lowest BCUT2D eigenvalue weighted by atomic mass is 9.91. The van der Waals surface area contributed by atoms with Gasteiger partial charge in [0, 0.05) is 53.8 Å². The molecule has 0 bridgehead atoms. The molecule has 1 atom stereocenters. The lowest BCUT2D eigenvalue weighted by Gasteiger charge is -2.25. The molecule has 178 valence electrons. The zero-order valence-corrected chi connectivity index (χ0v) is 20.0. The summed E-state index contributed by atoms with van der Waals surface area (Å²) in [7, 11) is 0. The fourth-order valence-corrected chi connectivity index (χ4v) is 4.61. The highest BCUT2D eigenvalue weighted by molar-refractivity contribution is 6.08. The van der Waals surface area contributed by atoms with Crippen LogP contribution < -0.4 is 10.6 Å². The maximum absolute atomic E-state index is 13.0. The number of nitrogens with one attached hydrogen (secondary N) is 2. The Kier molecular flexibility index (Phi) is 4.96. The van der Waals surface area contributed by atoms with Gasteiger partial charge in [0.2, 0.25) is 0 Å². The highest BCUT2D eigenvalue weighted by Crippen LogP contribution is 2.41. The number of hydrogen-bond acceptors (Lipinski definition) is 8.